The number of rotatable bonds is 10. The van der Waals surface area contributed by atoms with Crippen molar-refractivity contribution >= 4 is 18.2 Å². The molecule has 30 heavy (non-hydrogen) atoms. The number of halogens is 1. The third-order valence-electron chi connectivity index (χ3n) is 5.86. The van der Waals surface area contributed by atoms with Gasteiger partial charge in [-0.25, -0.2) is 0 Å². The number of fused-ring (bicyclic) bond motifs is 1. The number of amidine groups is 1. The molecule has 0 saturated heterocycles. The maximum Gasteiger partial charge on any atom is 0.128 e. The van der Waals surface area contributed by atoms with Crippen molar-refractivity contribution in [3.05, 3.63) is 64.7 Å². The molecule has 0 unspecified atom stereocenters. The number of nitrogens with zero attached hydrogens (tertiary/aromatic N) is 1. The van der Waals surface area contributed by atoms with Crippen LogP contribution in [0.15, 0.2) is 42.5 Å². The summed E-state index contributed by atoms with van der Waals surface area (Å²) in [4.78, 5) is 2.29. The Morgan fingerprint density at radius 3 is 2.17 bits per heavy atom. The Morgan fingerprint density at radius 2 is 1.53 bits per heavy atom. The number of ether oxygens (including phenoxy) is 1. The maximum atomic E-state index is 8.98. The lowest BCUT2D eigenvalue weighted by Gasteiger charge is -2.29. The SMILES string of the molecule is CCCCN(CCCC)C(=N)c1ccc(OCc2ccccc2)c2c1CCCC2.Cl. The van der Waals surface area contributed by atoms with Crippen molar-refractivity contribution in [2.45, 2.75) is 71.8 Å². The Bertz CT molecular complexity index is 783. The van der Waals surface area contributed by atoms with Gasteiger partial charge in [0.2, 0.25) is 0 Å². The van der Waals surface area contributed by atoms with E-state index < -0.39 is 0 Å². The molecule has 1 aliphatic carbocycles. The molecule has 0 saturated carbocycles. The molecule has 1 N–H and O–H groups in total. The smallest absolute Gasteiger partial charge is 0.128 e. The first-order chi connectivity index (χ1) is 14.2. The van der Waals surface area contributed by atoms with Crippen molar-refractivity contribution in [2.75, 3.05) is 13.1 Å². The zero-order chi connectivity index (χ0) is 20.5. The minimum absolute atomic E-state index is 0. The van der Waals surface area contributed by atoms with Crippen LogP contribution in [0.2, 0.25) is 0 Å². The van der Waals surface area contributed by atoms with Gasteiger partial charge in [-0.05, 0) is 67.3 Å². The van der Waals surface area contributed by atoms with Gasteiger partial charge < -0.3 is 9.64 Å². The molecule has 0 bridgehead atoms. The molecular weight excluding hydrogens is 392 g/mol. The topological polar surface area (TPSA) is 36.3 Å². The molecule has 4 heteroatoms. The molecule has 0 radical (unpaired) electrons. The van der Waals surface area contributed by atoms with Crippen molar-refractivity contribution in [1.82, 2.24) is 4.90 Å². The number of hydrogen-bond donors (Lipinski definition) is 1. The zero-order valence-corrected chi connectivity index (χ0v) is 19.4. The summed E-state index contributed by atoms with van der Waals surface area (Å²) in [5, 5.41) is 8.98. The molecule has 0 fully saturated rings. The van der Waals surface area contributed by atoms with Gasteiger partial charge in [-0.3, -0.25) is 5.41 Å². The Morgan fingerprint density at radius 1 is 0.900 bits per heavy atom. The Hall–Kier alpha value is -2.00. The van der Waals surface area contributed by atoms with Crippen molar-refractivity contribution in [2.24, 2.45) is 0 Å². The van der Waals surface area contributed by atoms with Crippen molar-refractivity contribution < 1.29 is 4.74 Å². The predicted octanol–water partition coefficient (Wildman–Crippen LogP) is 6.79. The van der Waals surface area contributed by atoms with Crippen LogP contribution in [0.5, 0.6) is 5.75 Å². The van der Waals surface area contributed by atoms with Gasteiger partial charge in [0.15, 0.2) is 0 Å². The zero-order valence-electron chi connectivity index (χ0n) is 18.6. The maximum absolute atomic E-state index is 8.98. The molecule has 3 nitrogen and oxygen atoms in total. The fraction of sp³-hybridized carbons (Fsp3) is 0.500. The Labute approximate surface area is 188 Å². The van der Waals surface area contributed by atoms with E-state index in [4.69, 9.17) is 10.1 Å². The second-order valence-corrected chi connectivity index (χ2v) is 8.09. The number of hydrogen-bond acceptors (Lipinski definition) is 2. The Balaban J connectivity index is 0.00000320. The Kier molecular flexibility index (Phi) is 10.2. The lowest BCUT2D eigenvalue weighted by Crippen LogP contribution is -2.34. The molecular formula is C26H37ClN2O. The van der Waals surface area contributed by atoms with E-state index in [0.717, 1.165) is 50.1 Å². The molecule has 1 aliphatic rings. The van der Waals surface area contributed by atoms with Crippen LogP contribution in [-0.4, -0.2) is 23.8 Å². The van der Waals surface area contributed by atoms with E-state index in [1.165, 1.54) is 42.4 Å². The van der Waals surface area contributed by atoms with E-state index in [2.05, 4.69) is 55.1 Å². The number of nitrogens with one attached hydrogen (secondary N) is 1. The largest absolute Gasteiger partial charge is 0.489 e. The van der Waals surface area contributed by atoms with Crippen LogP contribution in [0.25, 0.3) is 0 Å². The van der Waals surface area contributed by atoms with Gasteiger partial charge in [0.1, 0.15) is 18.2 Å². The summed E-state index contributed by atoms with van der Waals surface area (Å²) >= 11 is 0. The summed E-state index contributed by atoms with van der Waals surface area (Å²) in [6.45, 7) is 7.01. The molecule has 0 aliphatic heterocycles. The third-order valence-corrected chi connectivity index (χ3v) is 5.86. The summed E-state index contributed by atoms with van der Waals surface area (Å²) in [7, 11) is 0. The molecule has 0 atom stereocenters. The van der Waals surface area contributed by atoms with Gasteiger partial charge in [0, 0.05) is 18.7 Å². The summed E-state index contributed by atoms with van der Waals surface area (Å²) < 4.78 is 6.23. The standard InChI is InChI=1S/C26H36N2O.ClH/c1-3-5-18-28(19-6-4-2)26(27)24-16-17-25(23-15-11-10-14-22(23)24)29-20-21-12-8-7-9-13-21;/h7-9,12-13,16-17,27H,3-6,10-11,14-15,18-20H2,1-2H3;1H. The highest BCUT2D eigenvalue weighted by Gasteiger charge is 2.22. The van der Waals surface area contributed by atoms with Crippen LogP contribution in [0.4, 0.5) is 0 Å². The van der Waals surface area contributed by atoms with Crippen LogP contribution in [0.3, 0.4) is 0 Å². The fourth-order valence-corrected chi connectivity index (χ4v) is 4.13. The van der Waals surface area contributed by atoms with E-state index in [0.29, 0.717) is 12.4 Å². The molecule has 2 aromatic rings. The van der Waals surface area contributed by atoms with Crippen LogP contribution in [-0.2, 0) is 19.4 Å². The normalized spacial score (nSPS) is 12.6. The number of unbranched alkanes of at least 4 members (excludes halogenated alkanes) is 2. The van der Waals surface area contributed by atoms with E-state index in [9.17, 15) is 0 Å². The molecule has 2 aromatic carbocycles. The lowest BCUT2D eigenvalue weighted by atomic mass is 9.87. The van der Waals surface area contributed by atoms with E-state index in [1.54, 1.807) is 0 Å². The van der Waals surface area contributed by atoms with E-state index >= 15 is 0 Å². The predicted molar refractivity (Wildman–Crippen MR) is 129 cm³/mol. The molecule has 0 spiro atoms. The molecule has 0 amide bonds. The van der Waals surface area contributed by atoms with Gasteiger partial charge in [0.25, 0.3) is 0 Å². The fourth-order valence-electron chi connectivity index (χ4n) is 4.13. The molecule has 0 heterocycles. The number of benzene rings is 2. The lowest BCUT2D eigenvalue weighted by molar-refractivity contribution is 0.301. The molecule has 0 aromatic heterocycles. The monoisotopic (exact) mass is 428 g/mol. The summed E-state index contributed by atoms with van der Waals surface area (Å²) in [5.74, 6) is 1.72. The van der Waals surface area contributed by atoms with E-state index in [1.807, 2.05) is 6.07 Å². The van der Waals surface area contributed by atoms with Gasteiger partial charge in [-0.1, -0.05) is 57.0 Å². The van der Waals surface area contributed by atoms with Gasteiger partial charge >= 0.3 is 0 Å². The first kappa shape index (κ1) is 24.3. The second-order valence-electron chi connectivity index (χ2n) is 8.09. The van der Waals surface area contributed by atoms with Gasteiger partial charge in [-0.2, -0.15) is 0 Å². The average molecular weight is 429 g/mol. The first-order valence-electron chi connectivity index (χ1n) is 11.4. The highest BCUT2D eigenvalue weighted by atomic mass is 35.5. The van der Waals surface area contributed by atoms with Crippen LogP contribution in [0.1, 0.15) is 74.6 Å². The van der Waals surface area contributed by atoms with Crippen molar-refractivity contribution in [1.29, 1.82) is 5.41 Å². The quantitative estimate of drug-likeness (QED) is 0.334. The minimum Gasteiger partial charge on any atom is -0.489 e. The highest BCUT2D eigenvalue weighted by molar-refractivity contribution is 5.98. The minimum atomic E-state index is 0. The van der Waals surface area contributed by atoms with Crippen LogP contribution < -0.4 is 4.74 Å². The first-order valence-corrected chi connectivity index (χ1v) is 11.4. The summed E-state index contributed by atoms with van der Waals surface area (Å²) in [6.07, 6.45) is 9.16. The van der Waals surface area contributed by atoms with Crippen molar-refractivity contribution in [3.63, 3.8) is 0 Å². The molecule has 3 rings (SSSR count). The summed E-state index contributed by atoms with van der Waals surface area (Å²) in [5.41, 5.74) is 5.00. The third kappa shape index (κ3) is 6.25. The molecule has 164 valence electrons. The van der Waals surface area contributed by atoms with Gasteiger partial charge in [-0.15, -0.1) is 12.4 Å². The average Bonchev–Trinajstić information content (AvgIpc) is 2.78. The highest BCUT2D eigenvalue weighted by Crippen LogP contribution is 2.33. The van der Waals surface area contributed by atoms with Crippen LogP contribution in [0, 0.1) is 5.41 Å². The van der Waals surface area contributed by atoms with Crippen LogP contribution >= 0.6 is 12.4 Å². The van der Waals surface area contributed by atoms with E-state index in [-0.39, 0.29) is 12.4 Å². The summed E-state index contributed by atoms with van der Waals surface area (Å²) in [6, 6.07) is 14.6. The second kappa shape index (κ2) is 12.6. The van der Waals surface area contributed by atoms with Crippen molar-refractivity contribution in [3.8, 4) is 5.75 Å². The van der Waals surface area contributed by atoms with Gasteiger partial charge in [0.05, 0.1) is 0 Å².